The highest BCUT2D eigenvalue weighted by atomic mass is 19.1. The minimum atomic E-state index is -1.33. The van der Waals surface area contributed by atoms with Gasteiger partial charge in [-0.25, -0.2) is 18.0 Å². The Balaban J connectivity index is 2.05. The molecular formula is C17H14F3NO3. The van der Waals surface area contributed by atoms with Crippen LogP contribution in [-0.2, 0) is 9.53 Å². The van der Waals surface area contributed by atoms with E-state index in [4.69, 9.17) is 4.74 Å². The minimum absolute atomic E-state index is 0.0742. The van der Waals surface area contributed by atoms with E-state index in [-0.39, 0.29) is 5.56 Å². The number of benzene rings is 2. The predicted octanol–water partition coefficient (Wildman–Crippen LogP) is 3.60. The first-order valence-corrected chi connectivity index (χ1v) is 7.01. The Hall–Kier alpha value is -2.83. The second kappa shape index (κ2) is 7.16. The van der Waals surface area contributed by atoms with Crippen molar-refractivity contribution in [3.8, 4) is 0 Å². The lowest BCUT2D eigenvalue weighted by Crippen LogP contribution is -2.30. The number of hydrogen-bond donors (Lipinski definition) is 1. The van der Waals surface area contributed by atoms with Crippen LogP contribution < -0.4 is 5.32 Å². The highest BCUT2D eigenvalue weighted by molar-refractivity contribution is 5.97. The molecule has 0 aliphatic carbocycles. The fourth-order valence-electron chi connectivity index (χ4n) is 1.84. The van der Waals surface area contributed by atoms with Crippen LogP contribution in [-0.4, -0.2) is 18.0 Å². The highest BCUT2D eigenvalue weighted by Crippen LogP contribution is 2.18. The van der Waals surface area contributed by atoms with Crippen molar-refractivity contribution in [2.45, 2.75) is 20.0 Å². The number of nitrogens with one attached hydrogen (secondary N) is 1. The molecule has 0 spiro atoms. The highest BCUT2D eigenvalue weighted by Gasteiger charge is 2.21. The minimum Gasteiger partial charge on any atom is -0.449 e. The van der Waals surface area contributed by atoms with Crippen molar-refractivity contribution in [1.82, 2.24) is 0 Å². The van der Waals surface area contributed by atoms with Crippen molar-refractivity contribution in [2.24, 2.45) is 0 Å². The Kier molecular flexibility index (Phi) is 5.23. The van der Waals surface area contributed by atoms with Gasteiger partial charge >= 0.3 is 5.97 Å². The number of rotatable bonds is 4. The van der Waals surface area contributed by atoms with E-state index in [1.54, 1.807) is 0 Å². The molecule has 126 valence electrons. The standard InChI is InChI=1S/C17H14F3NO3/c1-9-6-7-11(8-14(9)20)17(23)24-10(2)16(22)21-15-12(18)4-3-5-13(15)19/h3-8,10H,1-2H3,(H,21,22)/t10-/m1/s1. The third-order valence-electron chi connectivity index (χ3n) is 3.27. The molecule has 1 atom stereocenters. The fraction of sp³-hybridized carbons (Fsp3) is 0.176. The first kappa shape index (κ1) is 17.5. The number of para-hydroxylation sites is 1. The van der Waals surface area contributed by atoms with E-state index in [1.807, 2.05) is 5.32 Å². The molecule has 1 amide bonds. The smallest absolute Gasteiger partial charge is 0.339 e. The number of hydrogen-bond acceptors (Lipinski definition) is 3. The number of ether oxygens (including phenoxy) is 1. The summed E-state index contributed by atoms with van der Waals surface area (Å²) in [7, 11) is 0. The van der Waals surface area contributed by atoms with E-state index >= 15 is 0 Å². The van der Waals surface area contributed by atoms with Gasteiger partial charge in [0.2, 0.25) is 0 Å². The molecule has 1 N–H and O–H groups in total. The fourth-order valence-corrected chi connectivity index (χ4v) is 1.84. The number of esters is 1. The summed E-state index contributed by atoms with van der Waals surface area (Å²) in [5, 5.41) is 2.02. The summed E-state index contributed by atoms with van der Waals surface area (Å²) < 4.78 is 45.3. The molecule has 0 saturated carbocycles. The zero-order valence-corrected chi connectivity index (χ0v) is 12.9. The first-order chi connectivity index (χ1) is 11.3. The molecule has 0 fully saturated rings. The Bertz CT molecular complexity index is 772. The van der Waals surface area contributed by atoms with E-state index in [9.17, 15) is 22.8 Å². The van der Waals surface area contributed by atoms with Gasteiger partial charge in [0.1, 0.15) is 23.1 Å². The summed E-state index contributed by atoms with van der Waals surface area (Å²) >= 11 is 0. The van der Waals surface area contributed by atoms with Crippen LogP contribution in [0.3, 0.4) is 0 Å². The van der Waals surface area contributed by atoms with Gasteiger partial charge in [0.15, 0.2) is 6.10 Å². The largest absolute Gasteiger partial charge is 0.449 e. The number of carbonyl (C=O) groups is 2. The van der Waals surface area contributed by atoms with Crippen LogP contribution in [0.25, 0.3) is 0 Å². The van der Waals surface area contributed by atoms with Crippen molar-refractivity contribution < 1.29 is 27.5 Å². The molecule has 0 aliphatic heterocycles. The summed E-state index contributed by atoms with van der Waals surface area (Å²) in [6.07, 6.45) is -1.33. The number of halogens is 3. The lowest BCUT2D eigenvalue weighted by molar-refractivity contribution is -0.123. The molecule has 0 heterocycles. The third-order valence-corrected chi connectivity index (χ3v) is 3.27. The maximum Gasteiger partial charge on any atom is 0.339 e. The average molecular weight is 337 g/mol. The summed E-state index contributed by atoms with van der Waals surface area (Å²) in [4.78, 5) is 23.8. The predicted molar refractivity (Wildman–Crippen MR) is 81.0 cm³/mol. The van der Waals surface area contributed by atoms with Gasteiger partial charge in [-0.2, -0.15) is 0 Å². The van der Waals surface area contributed by atoms with Crippen molar-refractivity contribution in [1.29, 1.82) is 0 Å². The Labute approximate surface area is 136 Å². The van der Waals surface area contributed by atoms with Gasteiger partial charge in [-0.1, -0.05) is 12.1 Å². The lowest BCUT2D eigenvalue weighted by Gasteiger charge is -2.14. The Morgan fingerprint density at radius 1 is 1.04 bits per heavy atom. The van der Waals surface area contributed by atoms with Gasteiger partial charge in [0, 0.05) is 0 Å². The van der Waals surface area contributed by atoms with Gasteiger partial charge in [-0.05, 0) is 43.7 Å². The molecular weight excluding hydrogens is 323 g/mol. The second-order valence-electron chi connectivity index (χ2n) is 5.10. The van der Waals surface area contributed by atoms with Crippen LogP contribution in [0.4, 0.5) is 18.9 Å². The second-order valence-corrected chi connectivity index (χ2v) is 5.10. The number of anilines is 1. The van der Waals surface area contributed by atoms with Crippen molar-refractivity contribution in [2.75, 3.05) is 5.32 Å². The number of carbonyl (C=O) groups excluding carboxylic acids is 2. The molecule has 0 aromatic heterocycles. The zero-order chi connectivity index (χ0) is 17.9. The maximum atomic E-state index is 13.5. The SMILES string of the molecule is Cc1ccc(C(=O)O[C@H](C)C(=O)Nc2c(F)cccc2F)cc1F. The molecule has 2 rings (SSSR count). The molecule has 2 aromatic carbocycles. The van der Waals surface area contributed by atoms with E-state index in [0.717, 1.165) is 24.3 Å². The van der Waals surface area contributed by atoms with Gasteiger partial charge in [0.25, 0.3) is 5.91 Å². The Morgan fingerprint density at radius 2 is 1.67 bits per heavy atom. The van der Waals surface area contributed by atoms with Crippen LogP contribution in [0.5, 0.6) is 0 Å². The quantitative estimate of drug-likeness (QED) is 0.868. The van der Waals surface area contributed by atoms with Gasteiger partial charge in [-0.3, -0.25) is 4.79 Å². The number of aryl methyl sites for hydroxylation is 1. The molecule has 0 bridgehead atoms. The van der Waals surface area contributed by atoms with Gasteiger partial charge in [-0.15, -0.1) is 0 Å². The van der Waals surface area contributed by atoms with E-state index in [1.165, 1.54) is 26.0 Å². The summed E-state index contributed by atoms with van der Waals surface area (Å²) in [5.74, 6) is -4.34. The topological polar surface area (TPSA) is 55.4 Å². The monoisotopic (exact) mass is 337 g/mol. The summed E-state index contributed by atoms with van der Waals surface area (Å²) in [5.41, 5.74) is -0.353. The normalized spacial score (nSPS) is 11.7. The Morgan fingerprint density at radius 3 is 2.25 bits per heavy atom. The van der Waals surface area contributed by atoms with E-state index < -0.39 is 41.1 Å². The molecule has 24 heavy (non-hydrogen) atoms. The van der Waals surface area contributed by atoms with Crippen LogP contribution in [0, 0.1) is 24.4 Å². The molecule has 2 aromatic rings. The molecule has 4 nitrogen and oxygen atoms in total. The van der Waals surface area contributed by atoms with Crippen molar-refractivity contribution in [3.63, 3.8) is 0 Å². The summed E-state index contributed by atoms with van der Waals surface area (Å²) in [6, 6.07) is 6.83. The third kappa shape index (κ3) is 3.92. The van der Waals surface area contributed by atoms with Crippen molar-refractivity contribution in [3.05, 3.63) is 65.0 Å². The average Bonchev–Trinajstić information content (AvgIpc) is 2.53. The number of amides is 1. The van der Waals surface area contributed by atoms with Crippen LogP contribution >= 0.6 is 0 Å². The summed E-state index contributed by atoms with van der Waals surface area (Å²) in [6.45, 7) is 2.76. The maximum absolute atomic E-state index is 13.5. The molecule has 0 saturated heterocycles. The van der Waals surface area contributed by atoms with Gasteiger partial charge in [0.05, 0.1) is 5.56 Å². The lowest BCUT2D eigenvalue weighted by atomic mass is 10.1. The first-order valence-electron chi connectivity index (χ1n) is 7.01. The van der Waals surface area contributed by atoms with Gasteiger partial charge < -0.3 is 10.1 Å². The molecule has 0 unspecified atom stereocenters. The zero-order valence-electron chi connectivity index (χ0n) is 12.9. The molecule has 0 radical (unpaired) electrons. The van der Waals surface area contributed by atoms with Crippen LogP contribution in [0.2, 0.25) is 0 Å². The molecule has 7 heteroatoms. The van der Waals surface area contributed by atoms with Crippen LogP contribution in [0.15, 0.2) is 36.4 Å². The van der Waals surface area contributed by atoms with Crippen molar-refractivity contribution >= 4 is 17.6 Å². The molecule has 0 aliphatic rings. The van der Waals surface area contributed by atoms with Crippen LogP contribution in [0.1, 0.15) is 22.8 Å². The van der Waals surface area contributed by atoms with E-state index in [2.05, 4.69) is 0 Å². The van der Waals surface area contributed by atoms with E-state index in [0.29, 0.717) is 5.56 Å².